The number of nitrogens with one attached hydrogen (secondary N) is 1. The van der Waals surface area contributed by atoms with Crippen LogP contribution >= 0.6 is 0 Å². The summed E-state index contributed by atoms with van der Waals surface area (Å²) in [6, 6.07) is 6.45. The van der Waals surface area contributed by atoms with Crippen molar-refractivity contribution < 1.29 is 0 Å². The molecule has 2 aromatic rings. The molecule has 4 nitrogen and oxygen atoms in total. The van der Waals surface area contributed by atoms with Crippen molar-refractivity contribution in [2.45, 2.75) is 19.9 Å². The number of nitrogen functional groups attached to an aromatic ring is 1. The van der Waals surface area contributed by atoms with Gasteiger partial charge in [-0.05, 0) is 23.6 Å². The number of hydrogen-bond donors (Lipinski definition) is 2. The first-order valence-corrected chi connectivity index (χ1v) is 6.18. The zero-order chi connectivity index (χ0) is 13.1. The Labute approximate surface area is 108 Å². The molecular weight excluding hydrogens is 224 g/mol. The van der Waals surface area contributed by atoms with E-state index in [4.69, 9.17) is 5.73 Å². The van der Waals surface area contributed by atoms with Crippen molar-refractivity contribution >= 4 is 11.4 Å². The maximum absolute atomic E-state index is 6.04. The van der Waals surface area contributed by atoms with Crippen LogP contribution in [-0.4, -0.2) is 16.6 Å². The Kier molecular flexibility index (Phi) is 3.55. The number of nitrogens with zero attached hydrogens (tertiary/aromatic N) is 2. The monoisotopic (exact) mass is 244 g/mol. The van der Waals surface area contributed by atoms with E-state index < -0.39 is 0 Å². The smallest absolute Gasteiger partial charge is 0.0951 e. The summed E-state index contributed by atoms with van der Waals surface area (Å²) in [5.74, 6) is 0.471. The molecule has 3 N–H and O–H groups in total. The summed E-state index contributed by atoms with van der Waals surface area (Å²) in [4.78, 5) is 4.13. The van der Waals surface area contributed by atoms with Crippen LogP contribution in [0.2, 0.25) is 0 Å². The quantitative estimate of drug-likeness (QED) is 0.813. The lowest BCUT2D eigenvalue weighted by atomic mass is 9.95. The highest BCUT2D eigenvalue weighted by Crippen LogP contribution is 2.30. The molecule has 18 heavy (non-hydrogen) atoms. The molecular formula is C14H20N4. The summed E-state index contributed by atoms with van der Waals surface area (Å²) >= 11 is 0. The summed E-state index contributed by atoms with van der Waals surface area (Å²) in [5, 5.41) is 3.08. The maximum Gasteiger partial charge on any atom is 0.0951 e. The van der Waals surface area contributed by atoms with Gasteiger partial charge in [0.25, 0.3) is 0 Å². The molecule has 1 heterocycles. The molecule has 1 unspecified atom stereocenters. The van der Waals surface area contributed by atoms with Crippen LogP contribution in [0.5, 0.6) is 0 Å². The van der Waals surface area contributed by atoms with E-state index in [0.29, 0.717) is 5.92 Å². The first-order chi connectivity index (χ1) is 8.63. The Morgan fingerprint density at radius 1 is 1.33 bits per heavy atom. The summed E-state index contributed by atoms with van der Waals surface area (Å²) in [6.07, 6.45) is 5.65. The Morgan fingerprint density at radius 2 is 2.11 bits per heavy atom. The van der Waals surface area contributed by atoms with E-state index in [1.54, 1.807) is 6.20 Å². The topological polar surface area (TPSA) is 55.9 Å². The summed E-state index contributed by atoms with van der Waals surface area (Å²) in [7, 11) is 1.88. The van der Waals surface area contributed by atoms with Crippen LogP contribution in [0.25, 0.3) is 0 Å². The Morgan fingerprint density at radius 3 is 2.61 bits per heavy atom. The van der Waals surface area contributed by atoms with Crippen molar-refractivity contribution in [3.8, 4) is 0 Å². The van der Waals surface area contributed by atoms with E-state index >= 15 is 0 Å². The number of rotatable bonds is 4. The second-order valence-corrected chi connectivity index (χ2v) is 4.80. The average molecular weight is 244 g/mol. The lowest BCUT2D eigenvalue weighted by Crippen LogP contribution is -2.15. The van der Waals surface area contributed by atoms with Gasteiger partial charge in [-0.15, -0.1) is 0 Å². The average Bonchev–Trinajstić information content (AvgIpc) is 2.82. The van der Waals surface area contributed by atoms with Crippen LogP contribution < -0.4 is 11.1 Å². The van der Waals surface area contributed by atoms with Crippen molar-refractivity contribution in [1.82, 2.24) is 9.55 Å². The van der Waals surface area contributed by atoms with E-state index in [2.05, 4.69) is 34.8 Å². The van der Waals surface area contributed by atoms with E-state index in [-0.39, 0.29) is 6.04 Å². The normalized spacial score (nSPS) is 12.7. The Balaban J connectivity index is 2.41. The largest absolute Gasteiger partial charge is 0.397 e. The van der Waals surface area contributed by atoms with Gasteiger partial charge in [-0.25, -0.2) is 4.98 Å². The van der Waals surface area contributed by atoms with Crippen LogP contribution in [0.15, 0.2) is 36.9 Å². The zero-order valence-corrected chi connectivity index (χ0v) is 11.1. The third-order valence-corrected chi connectivity index (χ3v) is 3.16. The zero-order valence-electron chi connectivity index (χ0n) is 11.1. The van der Waals surface area contributed by atoms with Gasteiger partial charge in [-0.2, -0.15) is 0 Å². The first kappa shape index (κ1) is 12.5. The summed E-state index contributed by atoms with van der Waals surface area (Å²) in [5.41, 5.74) is 8.99. The molecule has 1 aromatic carbocycles. The maximum atomic E-state index is 6.04. The molecule has 1 atom stereocenters. The van der Waals surface area contributed by atoms with E-state index in [0.717, 1.165) is 11.4 Å². The highest BCUT2D eigenvalue weighted by atomic mass is 15.1. The molecule has 4 heteroatoms. The van der Waals surface area contributed by atoms with Gasteiger partial charge in [0.2, 0.25) is 0 Å². The van der Waals surface area contributed by atoms with E-state index in [1.807, 2.05) is 31.7 Å². The van der Waals surface area contributed by atoms with Crippen LogP contribution in [0.1, 0.15) is 25.5 Å². The van der Waals surface area contributed by atoms with Crippen molar-refractivity contribution in [3.05, 3.63) is 42.5 Å². The van der Waals surface area contributed by atoms with Gasteiger partial charge in [0.1, 0.15) is 0 Å². The van der Waals surface area contributed by atoms with Crippen molar-refractivity contribution in [1.29, 1.82) is 0 Å². The predicted octanol–water partition coefficient (Wildman–Crippen LogP) is 2.75. The van der Waals surface area contributed by atoms with Gasteiger partial charge in [0.05, 0.1) is 23.7 Å². The molecule has 0 amide bonds. The SMILES string of the molecule is CNc1ccc(C(C(C)C)n2ccnc2)cc1N. The number of imidazole rings is 1. The number of aromatic nitrogens is 2. The fourth-order valence-corrected chi connectivity index (χ4v) is 2.33. The molecule has 2 rings (SSSR count). The second-order valence-electron chi connectivity index (χ2n) is 4.80. The first-order valence-electron chi connectivity index (χ1n) is 6.18. The van der Waals surface area contributed by atoms with E-state index in [9.17, 15) is 0 Å². The molecule has 0 aliphatic carbocycles. The highest BCUT2D eigenvalue weighted by molar-refractivity contribution is 5.66. The van der Waals surface area contributed by atoms with Crippen LogP contribution in [0, 0.1) is 5.92 Å². The number of benzene rings is 1. The van der Waals surface area contributed by atoms with Gasteiger partial charge < -0.3 is 15.6 Å². The third kappa shape index (κ3) is 2.32. The van der Waals surface area contributed by atoms with Gasteiger partial charge in [0.15, 0.2) is 0 Å². The Hall–Kier alpha value is -1.97. The lowest BCUT2D eigenvalue weighted by Gasteiger charge is -2.23. The number of anilines is 2. The molecule has 0 saturated heterocycles. The predicted molar refractivity (Wildman–Crippen MR) is 75.6 cm³/mol. The van der Waals surface area contributed by atoms with E-state index in [1.165, 1.54) is 5.56 Å². The van der Waals surface area contributed by atoms with Crippen molar-refractivity contribution in [2.75, 3.05) is 18.1 Å². The fraction of sp³-hybridized carbons (Fsp3) is 0.357. The number of hydrogen-bond acceptors (Lipinski definition) is 3. The lowest BCUT2D eigenvalue weighted by molar-refractivity contribution is 0.437. The van der Waals surface area contributed by atoms with Gasteiger partial charge in [-0.1, -0.05) is 19.9 Å². The number of nitrogens with two attached hydrogens (primary N) is 1. The minimum absolute atomic E-state index is 0.265. The molecule has 0 fully saturated rings. The van der Waals surface area contributed by atoms with Gasteiger partial charge in [-0.3, -0.25) is 0 Å². The molecule has 0 spiro atoms. The summed E-state index contributed by atoms with van der Waals surface area (Å²) in [6.45, 7) is 4.40. The van der Waals surface area contributed by atoms with Crippen LogP contribution in [-0.2, 0) is 0 Å². The molecule has 0 saturated carbocycles. The van der Waals surface area contributed by atoms with Crippen LogP contribution in [0.3, 0.4) is 0 Å². The molecule has 0 aliphatic rings. The standard InChI is InChI=1S/C14H20N4/c1-10(2)14(18-7-6-17-9-18)11-4-5-13(16-3)12(15)8-11/h4-10,14,16H,15H2,1-3H3. The Bertz CT molecular complexity index is 503. The second kappa shape index (κ2) is 5.12. The minimum atomic E-state index is 0.265. The molecule has 1 aromatic heterocycles. The van der Waals surface area contributed by atoms with Gasteiger partial charge in [0, 0.05) is 19.4 Å². The molecule has 0 aliphatic heterocycles. The fourth-order valence-electron chi connectivity index (χ4n) is 2.33. The van der Waals surface area contributed by atoms with Crippen molar-refractivity contribution in [2.24, 2.45) is 5.92 Å². The highest BCUT2D eigenvalue weighted by Gasteiger charge is 2.18. The van der Waals surface area contributed by atoms with Crippen molar-refractivity contribution in [3.63, 3.8) is 0 Å². The molecule has 96 valence electrons. The molecule has 0 radical (unpaired) electrons. The van der Waals surface area contributed by atoms with Gasteiger partial charge >= 0.3 is 0 Å². The molecule has 0 bridgehead atoms. The minimum Gasteiger partial charge on any atom is -0.397 e. The third-order valence-electron chi connectivity index (χ3n) is 3.16. The summed E-state index contributed by atoms with van der Waals surface area (Å²) < 4.78 is 2.12. The van der Waals surface area contributed by atoms with Crippen LogP contribution in [0.4, 0.5) is 11.4 Å².